The number of amides is 2. The molecule has 0 unspecified atom stereocenters. The number of nitrogens with zero attached hydrogens (tertiary/aromatic N) is 1. The van der Waals surface area contributed by atoms with Crippen molar-refractivity contribution in [2.75, 3.05) is 4.90 Å². The molecule has 0 radical (unpaired) electrons. The summed E-state index contributed by atoms with van der Waals surface area (Å²) in [6, 6.07) is 23.2. The van der Waals surface area contributed by atoms with Gasteiger partial charge in [0.2, 0.25) is 0 Å². The molecule has 0 aromatic heterocycles. The molecular formula is C23H17NO4S. The Kier molecular flexibility index (Phi) is 5.35. The van der Waals surface area contributed by atoms with Gasteiger partial charge in [-0.1, -0.05) is 54.6 Å². The predicted molar refractivity (Wildman–Crippen MR) is 114 cm³/mol. The number of rotatable bonds is 5. The lowest BCUT2D eigenvalue weighted by Crippen LogP contribution is -2.27. The lowest BCUT2D eigenvalue weighted by molar-refractivity contribution is -0.113. The number of anilines is 1. The molecule has 1 heterocycles. The lowest BCUT2D eigenvalue weighted by atomic mass is 10.1. The Morgan fingerprint density at radius 1 is 0.931 bits per heavy atom. The minimum atomic E-state index is -0.369. The average molecular weight is 403 g/mol. The van der Waals surface area contributed by atoms with Gasteiger partial charge in [-0.2, -0.15) is 0 Å². The second-order valence-electron chi connectivity index (χ2n) is 6.35. The van der Waals surface area contributed by atoms with Gasteiger partial charge >= 0.3 is 0 Å². The molecule has 144 valence electrons. The van der Waals surface area contributed by atoms with E-state index in [0.717, 1.165) is 22.2 Å². The molecule has 0 aliphatic carbocycles. The SMILES string of the molecule is O=C1S/C(=C/c2ccc(O)c(OCc3ccccc3)c2)C(=O)N1c1ccccc1. The van der Waals surface area contributed by atoms with Crippen molar-refractivity contribution in [3.63, 3.8) is 0 Å². The van der Waals surface area contributed by atoms with Crippen LogP contribution in [0.1, 0.15) is 11.1 Å². The van der Waals surface area contributed by atoms with Gasteiger partial charge in [-0.25, -0.2) is 4.90 Å². The average Bonchev–Trinajstić information content (AvgIpc) is 3.02. The Labute approximate surface area is 172 Å². The van der Waals surface area contributed by atoms with Crippen LogP contribution in [0, 0.1) is 0 Å². The minimum Gasteiger partial charge on any atom is -0.504 e. The van der Waals surface area contributed by atoms with Crippen molar-refractivity contribution >= 4 is 34.7 Å². The van der Waals surface area contributed by atoms with Crippen LogP contribution in [-0.2, 0) is 11.4 Å². The van der Waals surface area contributed by atoms with E-state index in [9.17, 15) is 14.7 Å². The zero-order valence-electron chi connectivity index (χ0n) is 15.3. The molecule has 0 saturated carbocycles. The second-order valence-corrected chi connectivity index (χ2v) is 7.35. The van der Waals surface area contributed by atoms with Gasteiger partial charge in [0.1, 0.15) is 6.61 Å². The molecule has 3 aromatic carbocycles. The fraction of sp³-hybridized carbons (Fsp3) is 0.0435. The van der Waals surface area contributed by atoms with E-state index in [2.05, 4.69) is 0 Å². The number of aromatic hydroxyl groups is 1. The van der Waals surface area contributed by atoms with Gasteiger partial charge < -0.3 is 9.84 Å². The normalized spacial score (nSPS) is 15.2. The highest BCUT2D eigenvalue weighted by Crippen LogP contribution is 2.36. The highest BCUT2D eigenvalue weighted by molar-refractivity contribution is 8.19. The third-order valence-corrected chi connectivity index (χ3v) is 5.20. The van der Waals surface area contributed by atoms with Crippen molar-refractivity contribution in [3.05, 3.63) is 94.9 Å². The van der Waals surface area contributed by atoms with E-state index >= 15 is 0 Å². The van der Waals surface area contributed by atoms with Crippen molar-refractivity contribution in [1.82, 2.24) is 0 Å². The Bertz CT molecular complexity index is 1080. The number of hydrogen-bond acceptors (Lipinski definition) is 5. The maximum absolute atomic E-state index is 12.7. The lowest BCUT2D eigenvalue weighted by Gasteiger charge is -2.11. The first-order valence-electron chi connectivity index (χ1n) is 8.94. The van der Waals surface area contributed by atoms with E-state index in [1.54, 1.807) is 42.5 Å². The highest BCUT2D eigenvalue weighted by Gasteiger charge is 2.36. The van der Waals surface area contributed by atoms with Crippen LogP contribution in [0.3, 0.4) is 0 Å². The van der Waals surface area contributed by atoms with Gasteiger partial charge in [0, 0.05) is 0 Å². The maximum Gasteiger partial charge on any atom is 0.298 e. The fourth-order valence-electron chi connectivity index (χ4n) is 2.89. The number of thioether (sulfide) groups is 1. The number of phenolic OH excluding ortho intramolecular Hbond substituents is 1. The maximum atomic E-state index is 12.7. The Hall–Kier alpha value is -3.51. The molecule has 29 heavy (non-hydrogen) atoms. The third-order valence-electron chi connectivity index (χ3n) is 4.33. The molecule has 4 rings (SSSR count). The first-order chi connectivity index (χ1) is 14.1. The van der Waals surface area contributed by atoms with Crippen molar-refractivity contribution in [2.45, 2.75) is 6.61 Å². The predicted octanol–water partition coefficient (Wildman–Crippen LogP) is 5.21. The molecule has 1 fully saturated rings. The summed E-state index contributed by atoms with van der Waals surface area (Å²) in [5.41, 5.74) is 2.17. The van der Waals surface area contributed by atoms with Gasteiger partial charge in [-0.15, -0.1) is 0 Å². The van der Waals surface area contributed by atoms with E-state index in [0.29, 0.717) is 28.5 Å². The van der Waals surface area contributed by atoms with Gasteiger partial charge in [0.15, 0.2) is 11.5 Å². The number of carbonyl (C=O) groups excluding carboxylic acids is 2. The van der Waals surface area contributed by atoms with Crippen LogP contribution in [0.5, 0.6) is 11.5 Å². The van der Waals surface area contributed by atoms with Crippen molar-refractivity contribution in [1.29, 1.82) is 0 Å². The van der Waals surface area contributed by atoms with E-state index in [1.807, 2.05) is 36.4 Å². The standard InChI is InChI=1S/C23H17NO4S/c25-19-12-11-17(13-20(19)28-15-16-7-3-1-4-8-16)14-21-22(26)24(23(27)29-21)18-9-5-2-6-10-18/h1-14,25H,15H2/b21-14+. The molecule has 1 N–H and O–H groups in total. The first kappa shape index (κ1) is 18.8. The number of para-hydroxylation sites is 1. The van der Waals surface area contributed by atoms with Crippen molar-refractivity contribution in [2.24, 2.45) is 0 Å². The van der Waals surface area contributed by atoms with Gasteiger partial charge in [0.05, 0.1) is 10.6 Å². The Morgan fingerprint density at radius 3 is 2.34 bits per heavy atom. The van der Waals surface area contributed by atoms with Crippen LogP contribution in [0.25, 0.3) is 6.08 Å². The van der Waals surface area contributed by atoms with Gasteiger partial charge in [-0.3, -0.25) is 9.59 Å². The monoisotopic (exact) mass is 403 g/mol. The molecule has 2 amide bonds. The van der Waals surface area contributed by atoms with Crippen LogP contribution in [-0.4, -0.2) is 16.3 Å². The molecule has 6 heteroatoms. The molecule has 1 aliphatic rings. The summed E-state index contributed by atoms with van der Waals surface area (Å²) in [5, 5.41) is 9.74. The fourth-order valence-corrected chi connectivity index (χ4v) is 3.73. The van der Waals surface area contributed by atoms with Gasteiger partial charge in [-0.05, 0) is 53.2 Å². The number of phenols is 1. The van der Waals surface area contributed by atoms with E-state index in [-0.39, 0.29) is 16.9 Å². The molecule has 3 aromatic rings. The Balaban J connectivity index is 1.55. The van der Waals surface area contributed by atoms with E-state index in [4.69, 9.17) is 4.74 Å². The van der Waals surface area contributed by atoms with Gasteiger partial charge in [0.25, 0.3) is 11.1 Å². The summed E-state index contributed by atoms with van der Waals surface area (Å²) >= 11 is 0.887. The molecule has 5 nitrogen and oxygen atoms in total. The topological polar surface area (TPSA) is 66.8 Å². The summed E-state index contributed by atoms with van der Waals surface area (Å²) in [6.45, 7) is 0.308. The van der Waals surface area contributed by atoms with Crippen LogP contribution in [0.15, 0.2) is 83.8 Å². The third kappa shape index (κ3) is 4.17. The molecule has 0 atom stereocenters. The highest BCUT2D eigenvalue weighted by atomic mass is 32.2. The van der Waals surface area contributed by atoms with E-state index in [1.165, 1.54) is 6.07 Å². The summed E-state index contributed by atoms with van der Waals surface area (Å²) in [4.78, 5) is 26.5. The summed E-state index contributed by atoms with van der Waals surface area (Å²) in [5.74, 6) is -0.0496. The second kappa shape index (κ2) is 8.24. The molecule has 1 saturated heterocycles. The zero-order valence-corrected chi connectivity index (χ0v) is 16.1. The number of carbonyl (C=O) groups is 2. The summed E-state index contributed by atoms with van der Waals surface area (Å²) < 4.78 is 5.72. The van der Waals surface area contributed by atoms with Crippen molar-refractivity contribution < 1.29 is 19.4 Å². The summed E-state index contributed by atoms with van der Waals surface area (Å²) in [7, 11) is 0. The number of imide groups is 1. The van der Waals surface area contributed by atoms with E-state index < -0.39 is 0 Å². The number of ether oxygens (including phenoxy) is 1. The summed E-state index contributed by atoms with van der Waals surface area (Å²) in [6.07, 6.45) is 1.63. The largest absolute Gasteiger partial charge is 0.504 e. The molecule has 0 bridgehead atoms. The van der Waals surface area contributed by atoms with Crippen molar-refractivity contribution in [3.8, 4) is 11.5 Å². The quantitative estimate of drug-likeness (QED) is 0.592. The van der Waals surface area contributed by atoms with Crippen LogP contribution < -0.4 is 9.64 Å². The van der Waals surface area contributed by atoms with Crippen LogP contribution >= 0.6 is 11.8 Å². The zero-order chi connectivity index (χ0) is 20.2. The number of benzene rings is 3. The molecular weight excluding hydrogens is 386 g/mol. The Morgan fingerprint density at radius 2 is 1.62 bits per heavy atom. The van der Waals surface area contributed by atoms with Crippen LogP contribution in [0.2, 0.25) is 0 Å². The molecule has 1 aliphatic heterocycles. The molecule has 0 spiro atoms. The number of hydrogen-bond donors (Lipinski definition) is 1. The van der Waals surface area contributed by atoms with Crippen LogP contribution in [0.4, 0.5) is 10.5 Å². The minimum absolute atomic E-state index is 0.00970. The smallest absolute Gasteiger partial charge is 0.298 e. The first-order valence-corrected chi connectivity index (χ1v) is 9.76.